The molecule has 2 saturated heterocycles. The molecule has 0 bridgehead atoms. The van der Waals surface area contributed by atoms with Crippen molar-refractivity contribution in [3.8, 4) is 11.5 Å². The predicted molar refractivity (Wildman–Crippen MR) is 138 cm³/mol. The van der Waals surface area contributed by atoms with Crippen LogP contribution in [-0.2, 0) is 18.9 Å². The van der Waals surface area contributed by atoms with Gasteiger partial charge in [-0.1, -0.05) is 0 Å². The maximum Gasteiger partial charge on any atom is 0.305 e. The Morgan fingerprint density at radius 1 is 0.786 bits per heavy atom. The highest BCUT2D eigenvalue weighted by atomic mass is 16.7. The van der Waals surface area contributed by atoms with Gasteiger partial charge in [0.1, 0.15) is 54.2 Å². The lowest BCUT2D eigenvalue weighted by Crippen LogP contribution is -2.61. The highest BCUT2D eigenvalue weighted by Gasteiger charge is 2.48. The number of benzene rings is 1. The smallest absolute Gasteiger partial charge is 0.305 e. The minimum Gasteiger partial charge on any atom is -0.571 e. The average molecular weight is 598 g/mol. The molecule has 1 unspecified atom stereocenters. The molecule has 1 aliphatic carbocycles. The number of ether oxygens (including phenoxy) is 5. The van der Waals surface area contributed by atoms with E-state index in [9.17, 15) is 51.1 Å². The number of fused-ring (bicyclic) bond motifs is 1. The number of phenols is 2. The molecule has 0 aromatic heterocycles. The van der Waals surface area contributed by atoms with Crippen LogP contribution in [0.25, 0.3) is 5.76 Å². The normalized spacial score (nSPS) is 38.5. The summed E-state index contributed by atoms with van der Waals surface area (Å²) in [6.07, 6.45) is -12.3. The summed E-state index contributed by atoms with van der Waals surface area (Å²) in [7, 11) is 0. The molecule has 230 valence electrons. The van der Waals surface area contributed by atoms with Gasteiger partial charge in [-0.25, -0.2) is 0 Å². The lowest BCUT2D eigenvalue weighted by atomic mass is 9.96. The molecule has 4 aliphatic rings. The first-order chi connectivity index (χ1) is 19.8. The van der Waals surface area contributed by atoms with E-state index in [1.54, 1.807) is 0 Å². The van der Waals surface area contributed by atoms with Crippen molar-refractivity contribution in [1.82, 2.24) is 0 Å². The minimum absolute atomic E-state index is 0.0577. The van der Waals surface area contributed by atoms with Crippen LogP contribution in [-0.4, -0.2) is 130 Å². The second-order valence-corrected chi connectivity index (χ2v) is 10.4. The molecular weight excluding hydrogens is 564 g/mol. The van der Waals surface area contributed by atoms with Gasteiger partial charge < -0.3 is 74.7 Å². The first-order valence-corrected chi connectivity index (χ1v) is 13.0. The van der Waals surface area contributed by atoms with E-state index in [0.29, 0.717) is 0 Å². The highest BCUT2D eigenvalue weighted by Crippen LogP contribution is 2.38. The van der Waals surface area contributed by atoms with Crippen LogP contribution in [0.4, 0.5) is 0 Å². The van der Waals surface area contributed by atoms with Crippen molar-refractivity contribution in [2.45, 2.75) is 74.4 Å². The first-order valence-electron chi connectivity index (χ1n) is 13.0. The van der Waals surface area contributed by atoms with Crippen molar-refractivity contribution in [3.63, 3.8) is 0 Å². The summed E-state index contributed by atoms with van der Waals surface area (Å²) in [6, 6.07) is 3.80. The lowest BCUT2D eigenvalue weighted by Gasteiger charge is -2.42. The number of aliphatic hydroxyl groups is 10. The third kappa shape index (κ3) is 5.66. The van der Waals surface area contributed by atoms with E-state index < -0.39 is 85.6 Å². The molecule has 11 N–H and O–H groups in total. The van der Waals surface area contributed by atoms with Crippen LogP contribution < -0.4 is 0 Å². The SMILES string of the molecule is C[C@@H]1O[C@H](OC[C@@H]2O[C@H](OC3=C(c4ccc(O)c(O)c4)[OH+]C4C=C(O)C=C(O)C4=C3)[C@@H](O)[C@H](O)[C@H]2O)[C@@H](O)[C@H](O)[C@H]1O. The van der Waals surface area contributed by atoms with Gasteiger partial charge in [0.05, 0.1) is 29.9 Å². The molecule has 3 heterocycles. The Labute approximate surface area is 238 Å². The molecule has 0 amide bonds. The zero-order chi connectivity index (χ0) is 30.5. The fourth-order valence-corrected chi connectivity index (χ4v) is 4.95. The fourth-order valence-electron chi connectivity index (χ4n) is 4.95. The Bertz CT molecular complexity index is 1300. The predicted octanol–water partition coefficient (Wildman–Crippen LogP) is -1.83. The maximum atomic E-state index is 10.7. The summed E-state index contributed by atoms with van der Waals surface area (Å²) < 4.78 is 27.0. The third-order valence-corrected chi connectivity index (χ3v) is 7.41. The second kappa shape index (κ2) is 11.7. The van der Waals surface area contributed by atoms with Crippen LogP contribution in [0.5, 0.6) is 11.5 Å². The number of hydrogen-bond donors (Lipinski definition) is 10. The van der Waals surface area contributed by atoms with E-state index in [2.05, 4.69) is 4.74 Å². The van der Waals surface area contributed by atoms with Crippen LogP contribution >= 0.6 is 0 Å². The van der Waals surface area contributed by atoms with E-state index in [1.807, 2.05) is 0 Å². The van der Waals surface area contributed by atoms with Crippen molar-refractivity contribution < 1.29 is 74.7 Å². The summed E-state index contributed by atoms with van der Waals surface area (Å²) >= 11 is 0. The molecule has 15 heteroatoms. The van der Waals surface area contributed by atoms with Crippen molar-refractivity contribution in [2.24, 2.45) is 0 Å². The van der Waals surface area contributed by atoms with Gasteiger partial charge in [0.25, 0.3) is 0 Å². The molecule has 11 atom stereocenters. The Morgan fingerprint density at radius 3 is 2.19 bits per heavy atom. The molecule has 1 aromatic rings. The molecule has 0 saturated carbocycles. The molecular formula is C27H33O15+. The van der Waals surface area contributed by atoms with Gasteiger partial charge in [0, 0.05) is 18.2 Å². The number of allylic oxidation sites excluding steroid dienone is 2. The van der Waals surface area contributed by atoms with Gasteiger partial charge >= 0.3 is 5.76 Å². The number of hydrogen-bond acceptors (Lipinski definition) is 14. The van der Waals surface area contributed by atoms with Gasteiger partial charge in [0.2, 0.25) is 18.2 Å². The van der Waals surface area contributed by atoms with E-state index >= 15 is 0 Å². The van der Waals surface area contributed by atoms with Crippen LogP contribution in [0.1, 0.15) is 12.5 Å². The van der Waals surface area contributed by atoms with E-state index in [4.69, 9.17) is 18.9 Å². The van der Waals surface area contributed by atoms with Crippen molar-refractivity contribution in [1.29, 1.82) is 0 Å². The Kier molecular flexibility index (Phi) is 8.39. The Morgan fingerprint density at radius 2 is 1.48 bits per heavy atom. The van der Waals surface area contributed by atoms with Crippen LogP contribution in [0.2, 0.25) is 0 Å². The average Bonchev–Trinajstić information content (AvgIpc) is 2.95. The van der Waals surface area contributed by atoms with Gasteiger partial charge in [0.15, 0.2) is 17.8 Å². The van der Waals surface area contributed by atoms with E-state index in [1.165, 1.54) is 37.3 Å². The number of aliphatic hydroxyl groups excluding tert-OH is 8. The minimum atomic E-state index is -1.80. The monoisotopic (exact) mass is 597 g/mol. The lowest BCUT2D eigenvalue weighted by molar-refractivity contribution is -0.323. The molecule has 1 aromatic carbocycles. The largest absolute Gasteiger partial charge is 0.571 e. The van der Waals surface area contributed by atoms with Crippen LogP contribution in [0.3, 0.4) is 0 Å². The first kappa shape index (κ1) is 30.1. The zero-order valence-electron chi connectivity index (χ0n) is 22.1. The summed E-state index contributed by atoms with van der Waals surface area (Å²) in [4.78, 5) is 0. The number of phenolic OH excluding ortho intramolecular Hbond substituents is 2. The summed E-state index contributed by atoms with van der Waals surface area (Å²) in [5, 5.41) is 102. The highest BCUT2D eigenvalue weighted by molar-refractivity contribution is 5.69. The van der Waals surface area contributed by atoms with Crippen molar-refractivity contribution >= 4 is 5.76 Å². The van der Waals surface area contributed by atoms with Gasteiger partial charge in [-0.3, -0.25) is 0 Å². The molecule has 0 radical (unpaired) electrons. The molecule has 0 spiro atoms. The fraction of sp³-hybridized carbons (Fsp3) is 0.481. The molecule has 42 heavy (non-hydrogen) atoms. The van der Waals surface area contributed by atoms with Gasteiger partial charge in [-0.05, 0) is 19.1 Å². The number of rotatable bonds is 6. The van der Waals surface area contributed by atoms with Gasteiger partial charge in [-0.15, -0.1) is 0 Å². The van der Waals surface area contributed by atoms with Crippen LogP contribution in [0.15, 0.2) is 59.3 Å². The molecule has 15 nitrogen and oxygen atoms in total. The number of aromatic hydroxyl groups is 2. The third-order valence-electron chi connectivity index (χ3n) is 7.41. The Hall–Kier alpha value is -3.38. The van der Waals surface area contributed by atoms with Crippen molar-refractivity contribution in [2.75, 3.05) is 6.61 Å². The molecule has 5 rings (SSSR count). The standard InChI is InChI=1S/C27H32O15/c1-9-19(32)21(34)23(36)26(39-9)38-8-18-20(33)22(35)24(37)27(42-18)41-17-7-12-14(30)5-11(28)6-16(12)40-25(17)10-2-3-13(29)15(31)4-10/h2-7,9,16,18-24,26-37H,8H2,1H3/p+1/t9-,16?,18-,19-,20-,21+,22+,23-,24-,26-,27-/m0/s1. The summed E-state index contributed by atoms with van der Waals surface area (Å²) in [6.45, 7) is 0.941. The van der Waals surface area contributed by atoms with E-state index in [-0.39, 0.29) is 34.2 Å². The zero-order valence-corrected chi connectivity index (χ0v) is 22.1. The van der Waals surface area contributed by atoms with E-state index in [0.717, 1.165) is 6.08 Å². The quantitative estimate of drug-likeness (QED) is 0.128. The second-order valence-electron chi connectivity index (χ2n) is 10.4. The van der Waals surface area contributed by atoms with Crippen molar-refractivity contribution in [3.05, 3.63) is 64.8 Å². The maximum absolute atomic E-state index is 10.7. The topological polar surface area (TPSA) is 252 Å². The molecule has 3 aliphatic heterocycles. The van der Waals surface area contributed by atoms with Gasteiger partial charge in [-0.2, -0.15) is 0 Å². The van der Waals surface area contributed by atoms with Crippen LogP contribution in [0, 0.1) is 0 Å². The summed E-state index contributed by atoms with van der Waals surface area (Å²) in [5.41, 5.74) is 0.445. The summed E-state index contributed by atoms with van der Waals surface area (Å²) in [5.74, 6) is -1.49. The Balaban J connectivity index is 1.40. The molecule has 2 fully saturated rings.